The molecule has 0 bridgehead atoms. The van der Waals surface area contributed by atoms with Crippen molar-refractivity contribution in [1.29, 1.82) is 0 Å². The van der Waals surface area contributed by atoms with Gasteiger partial charge in [-0.05, 0) is 64.6 Å². The van der Waals surface area contributed by atoms with Gasteiger partial charge >= 0.3 is 0 Å². The van der Waals surface area contributed by atoms with E-state index in [1.54, 1.807) is 0 Å². The number of hydrogen-bond acceptors (Lipinski definition) is 4. The summed E-state index contributed by atoms with van der Waals surface area (Å²) in [6, 6.07) is 9.74. The van der Waals surface area contributed by atoms with Gasteiger partial charge in [0.05, 0.1) is 5.92 Å². The molecule has 0 aliphatic carbocycles. The zero-order valence-electron chi connectivity index (χ0n) is 20.7. The molecule has 1 heterocycles. The first kappa shape index (κ1) is 26.1. The third-order valence-corrected chi connectivity index (χ3v) is 6.20. The number of carbonyl (C=O) groups excluding carboxylic acids is 1. The van der Waals surface area contributed by atoms with Crippen molar-refractivity contribution in [3.8, 4) is 0 Å². The summed E-state index contributed by atoms with van der Waals surface area (Å²) in [5.74, 6) is 0.639. The fraction of sp³-hybridized carbons (Fsp3) is 0.680. The highest BCUT2D eigenvalue weighted by molar-refractivity contribution is 5.79. The van der Waals surface area contributed by atoms with Crippen molar-refractivity contribution in [2.75, 3.05) is 33.2 Å². The van der Waals surface area contributed by atoms with Crippen molar-refractivity contribution in [2.45, 2.75) is 72.1 Å². The van der Waals surface area contributed by atoms with E-state index in [-0.39, 0.29) is 11.8 Å². The fourth-order valence-electron chi connectivity index (χ4n) is 4.52. The Morgan fingerprint density at radius 3 is 2.59 bits per heavy atom. The van der Waals surface area contributed by atoms with E-state index < -0.39 is 0 Å². The molecule has 1 fully saturated rings. The Bertz CT molecular complexity index is 725. The van der Waals surface area contributed by atoms with Crippen LogP contribution in [0.3, 0.4) is 0 Å². The monoisotopic (exact) mass is 444 g/mol. The van der Waals surface area contributed by atoms with Crippen LogP contribution in [0.5, 0.6) is 0 Å². The molecule has 32 heavy (non-hydrogen) atoms. The van der Waals surface area contributed by atoms with Crippen LogP contribution in [0.4, 0.5) is 0 Å². The average Bonchev–Trinajstić information content (AvgIpc) is 2.75. The van der Waals surface area contributed by atoms with Gasteiger partial charge in [0.15, 0.2) is 5.96 Å². The molecule has 0 saturated carbocycles. The molecular formula is C25H44N6O. The average molecular weight is 445 g/mol. The van der Waals surface area contributed by atoms with Crippen molar-refractivity contribution in [3.63, 3.8) is 0 Å². The number of primary amides is 1. The first-order valence-electron chi connectivity index (χ1n) is 12.1. The number of aliphatic imine (C=N–C) groups is 1. The Labute approximate surface area is 194 Å². The minimum absolute atomic E-state index is 0.0175. The number of nitrogens with one attached hydrogen (secondary N) is 2. The Morgan fingerprint density at radius 2 is 1.94 bits per heavy atom. The largest absolute Gasteiger partial charge is 0.369 e. The topological polar surface area (TPSA) is 86.0 Å². The van der Waals surface area contributed by atoms with Crippen LogP contribution in [0.2, 0.25) is 0 Å². The molecule has 1 aliphatic heterocycles. The third-order valence-electron chi connectivity index (χ3n) is 6.20. The fourth-order valence-corrected chi connectivity index (χ4v) is 4.52. The summed E-state index contributed by atoms with van der Waals surface area (Å²) in [5, 5.41) is 6.85. The quantitative estimate of drug-likeness (QED) is 0.277. The first-order chi connectivity index (χ1) is 15.3. The number of guanidine groups is 1. The first-order valence-corrected chi connectivity index (χ1v) is 12.1. The zero-order chi connectivity index (χ0) is 23.5. The normalized spacial score (nSPS) is 17.9. The van der Waals surface area contributed by atoms with Crippen molar-refractivity contribution >= 4 is 11.9 Å². The summed E-state index contributed by atoms with van der Waals surface area (Å²) in [7, 11) is 1.81. The van der Waals surface area contributed by atoms with Gasteiger partial charge in [0.1, 0.15) is 0 Å². The van der Waals surface area contributed by atoms with Gasteiger partial charge in [0.25, 0.3) is 0 Å². The molecule has 1 aromatic rings. The second-order valence-electron chi connectivity index (χ2n) is 9.43. The van der Waals surface area contributed by atoms with Crippen molar-refractivity contribution in [1.82, 2.24) is 20.4 Å². The SMILES string of the molecule is CN=C(NCCCN(C(C)C)C(C)C)NCc1cccc(CN2CCCC(C(N)=O)C2)c1. The Balaban J connectivity index is 1.78. The highest BCUT2D eigenvalue weighted by Crippen LogP contribution is 2.18. The van der Waals surface area contributed by atoms with Gasteiger partial charge in [0.2, 0.25) is 5.91 Å². The Hall–Kier alpha value is -2.12. The maximum atomic E-state index is 11.5. The van der Waals surface area contributed by atoms with Gasteiger partial charge in [-0.15, -0.1) is 0 Å². The highest BCUT2D eigenvalue weighted by Gasteiger charge is 2.23. The molecule has 7 nitrogen and oxygen atoms in total. The van der Waals surface area contributed by atoms with Crippen molar-refractivity contribution in [2.24, 2.45) is 16.6 Å². The second kappa shape index (κ2) is 13.4. The van der Waals surface area contributed by atoms with E-state index >= 15 is 0 Å². The van der Waals surface area contributed by atoms with Gasteiger partial charge in [0, 0.05) is 51.9 Å². The summed E-state index contributed by atoms with van der Waals surface area (Å²) in [5.41, 5.74) is 8.00. The van der Waals surface area contributed by atoms with Gasteiger partial charge < -0.3 is 16.4 Å². The molecule has 1 unspecified atom stereocenters. The molecule has 1 atom stereocenters. The van der Waals surface area contributed by atoms with Gasteiger partial charge in [-0.3, -0.25) is 19.6 Å². The summed E-state index contributed by atoms with van der Waals surface area (Å²) in [6.07, 6.45) is 3.02. The maximum absolute atomic E-state index is 11.5. The van der Waals surface area contributed by atoms with Crippen LogP contribution in [-0.4, -0.2) is 67.0 Å². The Kier molecular flexibility index (Phi) is 11.0. The number of amides is 1. The van der Waals surface area contributed by atoms with E-state index in [1.807, 2.05) is 7.05 Å². The van der Waals surface area contributed by atoms with Gasteiger partial charge in [-0.2, -0.15) is 0 Å². The molecule has 0 radical (unpaired) electrons. The van der Waals surface area contributed by atoms with Crippen molar-refractivity contribution < 1.29 is 4.79 Å². The number of hydrogen-bond donors (Lipinski definition) is 3. The van der Waals surface area contributed by atoms with Crippen LogP contribution in [0, 0.1) is 5.92 Å². The van der Waals surface area contributed by atoms with Crippen LogP contribution in [-0.2, 0) is 17.9 Å². The minimum Gasteiger partial charge on any atom is -0.369 e. The number of likely N-dealkylation sites (tertiary alicyclic amines) is 1. The molecule has 1 saturated heterocycles. The van der Waals surface area contributed by atoms with E-state index in [0.717, 1.165) is 64.5 Å². The number of carbonyl (C=O) groups is 1. The predicted molar refractivity (Wildman–Crippen MR) is 133 cm³/mol. The van der Waals surface area contributed by atoms with Crippen LogP contribution in [0.25, 0.3) is 0 Å². The number of rotatable bonds is 11. The second-order valence-corrected chi connectivity index (χ2v) is 9.43. The molecule has 1 aromatic carbocycles. The predicted octanol–water partition coefficient (Wildman–Crippen LogP) is 2.56. The molecule has 0 aromatic heterocycles. The molecule has 7 heteroatoms. The lowest BCUT2D eigenvalue weighted by molar-refractivity contribution is -0.123. The number of nitrogens with two attached hydrogens (primary N) is 1. The molecule has 4 N–H and O–H groups in total. The maximum Gasteiger partial charge on any atom is 0.221 e. The lowest BCUT2D eigenvalue weighted by Gasteiger charge is -2.31. The minimum atomic E-state index is -0.173. The van der Waals surface area contributed by atoms with E-state index in [9.17, 15) is 4.79 Å². The number of benzene rings is 1. The number of nitrogens with zero attached hydrogens (tertiary/aromatic N) is 3. The zero-order valence-corrected chi connectivity index (χ0v) is 20.7. The molecule has 0 spiro atoms. The molecular weight excluding hydrogens is 400 g/mol. The molecule has 1 amide bonds. The van der Waals surface area contributed by atoms with Crippen molar-refractivity contribution in [3.05, 3.63) is 35.4 Å². The van der Waals surface area contributed by atoms with Gasteiger partial charge in [-0.25, -0.2) is 0 Å². The van der Waals surface area contributed by atoms with E-state index in [1.165, 1.54) is 11.1 Å². The van der Waals surface area contributed by atoms with Crippen LogP contribution >= 0.6 is 0 Å². The lowest BCUT2D eigenvalue weighted by atomic mass is 9.97. The van der Waals surface area contributed by atoms with Crippen LogP contribution in [0.1, 0.15) is 58.1 Å². The summed E-state index contributed by atoms with van der Waals surface area (Å²) in [6.45, 7) is 14.3. The van der Waals surface area contributed by atoms with Crippen LogP contribution < -0.4 is 16.4 Å². The summed E-state index contributed by atoms with van der Waals surface area (Å²) in [4.78, 5) is 20.7. The Morgan fingerprint density at radius 1 is 1.22 bits per heavy atom. The summed E-state index contributed by atoms with van der Waals surface area (Å²) < 4.78 is 0. The molecule has 2 rings (SSSR count). The third kappa shape index (κ3) is 8.79. The molecule has 180 valence electrons. The van der Waals surface area contributed by atoms with Gasteiger partial charge in [-0.1, -0.05) is 24.3 Å². The standard InChI is InChI=1S/C25H44N6O/c1-19(2)31(20(3)4)14-8-12-28-25(27-5)29-16-21-9-6-10-22(15-21)17-30-13-7-11-23(18-30)24(26)32/h6,9-10,15,19-20,23H,7-8,11-14,16-18H2,1-5H3,(H2,26,32)(H2,27,28,29). The van der Waals surface area contributed by atoms with E-state index in [0.29, 0.717) is 12.1 Å². The van der Waals surface area contributed by atoms with Crippen LogP contribution in [0.15, 0.2) is 29.3 Å². The van der Waals surface area contributed by atoms with E-state index in [2.05, 4.69) is 77.4 Å². The smallest absolute Gasteiger partial charge is 0.221 e. The highest BCUT2D eigenvalue weighted by atomic mass is 16.1. The number of piperidine rings is 1. The van der Waals surface area contributed by atoms with E-state index in [4.69, 9.17) is 5.73 Å². The summed E-state index contributed by atoms with van der Waals surface area (Å²) >= 11 is 0. The lowest BCUT2D eigenvalue weighted by Crippen LogP contribution is -2.41. The molecule has 1 aliphatic rings.